The molecular weight excluding hydrogens is 316 g/mol. The quantitative estimate of drug-likeness (QED) is 0.919. The van der Waals surface area contributed by atoms with Crippen LogP contribution in [0.25, 0.3) is 11.2 Å². The molecule has 1 N–H and O–H groups in total. The van der Waals surface area contributed by atoms with E-state index < -0.39 is 0 Å². The number of aryl methyl sites for hydroxylation is 1. The maximum Gasteiger partial charge on any atom is 0.229 e. The van der Waals surface area contributed by atoms with Gasteiger partial charge in [0, 0.05) is 11.7 Å². The van der Waals surface area contributed by atoms with E-state index in [1.807, 2.05) is 19.1 Å². The molecule has 1 atom stereocenters. The molecule has 6 nitrogen and oxygen atoms in total. The summed E-state index contributed by atoms with van der Waals surface area (Å²) in [6, 6.07) is 4.32. The zero-order chi connectivity index (χ0) is 17.6. The fourth-order valence-corrected chi connectivity index (χ4v) is 3.75. The number of carbonyl (C=O) groups is 1. The average molecular weight is 342 g/mol. The number of hydrogen-bond donors (Lipinski definition) is 1. The zero-order valence-electron chi connectivity index (χ0n) is 15.2. The van der Waals surface area contributed by atoms with Gasteiger partial charge in [-0.25, -0.2) is 9.97 Å². The van der Waals surface area contributed by atoms with Gasteiger partial charge in [-0.2, -0.15) is 0 Å². The van der Waals surface area contributed by atoms with Gasteiger partial charge in [-0.1, -0.05) is 0 Å². The summed E-state index contributed by atoms with van der Waals surface area (Å²) in [4.78, 5) is 21.8. The molecule has 25 heavy (non-hydrogen) atoms. The van der Waals surface area contributed by atoms with E-state index in [1.165, 1.54) is 6.42 Å². The van der Waals surface area contributed by atoms with E-state index in [0.29, 0.717) is 18.4 Å². The molecule has 2 fully saturated rings. The lowest BCUT2D eigenvalue weighted by molar-refractivity contribution is -0.119. The fraction of sp³-hybridized carbons (Fsp3) is 0.632. The number of imidazole rings is 1. The molecule has 2 aromatic rings. The second kappa shape index (κ2) is 6.09. The molecular formula is C19H26N4O2. The highest BCUT2D eigenvalue weighted by Crippen LogP contribution is 2.37. The van der Waals surface area contributed by atoms with Crippen molar-refractivity contribution in [2.24, 2.45) is 0 Å². The number of aromatic nitrogens is 3. The molecule has 3 heterocycles. The van der Waals surface area contributed by atoms with Crippen molar-refractivity contribution in [3.05, 3.63) is 17.8 Å². The Hall–Kier alpha value is -1.95. The van der Waals surface area contributed by atoms with Crippen molar-refractivity contribution >= 4 is 23.0 Å². The van der Waals surface area contributed by atoms with Gasteiger partial charge in [0.1, 0.15) is 5.52 Å². The minimum absolute atomic E-state index is 0.00287. The van der Waals surface area contributed by atoms with E-state index in [0.717, 1.165) is 42.5 Å². The summed E-state index contributed by atoms with van der Waals surface area (Å²) in [5, 5.41) is 3.02. The number of amides is 1. The smallest absolute Gasteiger partial charge is 0.229 e. The molecule has 2 aromatic heterocycles. The first-order chi connectivity index (χ1) is 11.9. The van der Waals surface area contributed by atoms with Crippen molar-refractivity contribution < 1.29 is 9.53 Å². The van der Waals surface area contributed by atoms with Crippen molar-refractivity contribution in [2.45, 2.75) is 77.0 Å². The summed E-state index contributed by atoms with van der Waals surface area (Å²) in [6.45, 7) is 6.14. The molecule has 1 saturated heterocycles. The number of nitrogens with one attached hydrogen (secondary N) is 1. The van der Waals surface area contributed by atoms with Crippen LogP contribution in [0.15, 0.2) is 12.1 Å². The Morgan fingerprint density at radius 2 is 2.12 bits per heavy atom. The number of rotatable bonds is 4. The first kappa shape index (κ1) is 16.5. The number of hydrogen-bond acceptors (Lipinski definition) is 4. The van der Waals surface area contributed by atoms with Gasteiger partial charge in [0.15, 0.2) is 5.65 Å². The topological polar surface area (TPSA) is 69.0 Å². The van der Waals surface area contributed by atoms with Gasteiger partial charge in [-0.3, -0.25) is 14.7 Å². The zero-order valence-corrected chi connectivity index (χ0v) is 15.2. The number of anilines is 1. The van der Waals surface area contributed by atoms with Gasteiger partial charge in [0.25, 0.3) is 0 Å². The lowest BCUT2D eigenvalue weighted by atomic mass is 9.93. The van der Waals surface area contributed by atoms with Gasteiger partial charge in [-0.15, -0.1) is 0 Å². The second-order valence-electron chi connectivity index (χ2n) is 7.98. The van der Waals surface area contributed by atoms with Crippen LogP contribution < -0.4 is 5.32 Å². The van der Waals surface area contributed by atoms with Crippen molar-refractivity contribution in [3.8, 4) is 0 Å². The molecule has 0 spiro atoms. The molecule has 6 heteroatoms. The lowest BCUT2D eigenvalue weighted by Gasteiger charge is -2.28. The third-order valence-electron chi connectivity index (χ3n) is 5.33. The van der Waals surface area contributed by atoms with Crippen molar-refractivity contribution in [1.82, 2.24) is 14.5 Å². The molecule has 134 valence electrons. The van der Waals surface area contributed by atoms with Crippen LogP contribution >= 0.6 is 0 Å². The van der Waals surface area contributed by atoms with E-state index in [9.17, 15) is 4.79 Å². The Labute approximate surface area is 148 Å². The molecule has 1 unspecified atom stereocenters. The van der Waals surface area contributed by atoms with Crippen LogP contribution in [-0.4, -0.2) is 32.1 Å². The van der Waals surface area contributed by atoms with Crippen molar-refractivity contribution in [3.63, 3.8) is 0 Å². The molecule has 1 aliphatic heterocycles. The van der Waals surface area contributed by atoms with Gasteiger partial charge in [0.2, 0.25) is 11.9 Å². The summed E-state index contributed by atoms with van der Waals surface area (Å²) >= 11 is 0. The largest absolute Gasteiger partial charge is 0.372 e. The Balaban J connectivity index is 1.55. The molecule has 1 amide bonds. The molecule has 0 bridgehead atoms. The lowest BCUT2D eigenvalue weighted by Crippen LogP contribution is -2.26. The SMILES string of the molecule is Cc1ccc2nc(NC(=O)CC3CCC(C)(C)O3)n(C3CCC3)c2n1. The van der Waals surface area contributed by atoms with Gasteiger partial charge in [-0.05, 0) is 65.0 Å². The monoisotopic (exact) mass is 342 g/mol. The minimum Gasteiger partial charge on any atom is -0.372 e. The van der Waals surface area contributed by atoms with Gasteiger partial charge >= 0.3 is 0 Å². The number of carbonyl (C=O) groups excluding carboxylic acids is 1. The minimum atomic E-state index is -0.120. The van der Waals surface area contributed by atoms with Gasteiger partial charge < -0.3 is 4.74 Å². The van der Waals surface area contributed by atoms with Gasteiger partial charge in [0.05, 0.1) is 18.1 Å². The Morgan fingerprint density at radius 3 is 2.76 bits per heavy atom. The third kappa shape index (κ3) is 3.27. The first-order valence-electron chi connectivity index (χ1n) is 9.24. The summed E-state index contributed by atoms with van der Waals surface area (Å²) in [5.41, 5.74) is 2.56. The molecule has 1 saturated carbocycles. The maximum absolute atomic E-state index is 12.5. The highest BCUT2D eigenvalue weighted by atomic mass is 16.5. The first-order valence-corrected chi connectivity index (χ1v) is 9.24. The predicted molar refractivity (Wildman–Crippen MR) is 96.6 cm³/mol. The molecule has 2 aliphatic rings. The Bertz CT molecular complexity index is 807. The van der Waals surface area contributed by atoms with E-state index in [2.05, 4.69) is 33.7 Å². The second-order valence-corrected chi connectivity index (χ2v) is 7.98. The van der Waals surface area contributed by atoms with E-state index >= 15 is 0 Å². The highest BCUT2D eigenvalue weighted by molar-refractivity contribution is 5.91. The van der Waals surface area contributed by atoms with E-state index in [1.54, 1.807) is 0 Å². The normalized spacial score (nSPS) is 22.9. The van der Waals surface area contributed by atoms with Crippen LogP contribution in [0, 0.1) is 6.92 Å². The van der Waals surface area contributed by atoms with Crippen molar-refractivity contribution in [1.29, 1.82) is 0 Å². The number of fused-ring (bicyclic) bond motifs is 1. The molecule has 1 aliphatic carbocycles. The third-order valence-corrected chi connectivity index (χ3v) is 5.33. The fourth-order valence-electron chi connectivity index (χ4n) is 3.75. The van der Waals surface area contributed by atoms with Crippen LogP contribution in [-0.2, 0) is 9.53 Å². The average Bonchev–Trinajstić information content (AvgIpc) is 2.98. The summed E-state index contributed by atoms with van der Waals surface area (Å²) in [6.07, 6.45) is 5.75. The molecule has 4 rings (SSSR count). The predicted octanol–water partition coefficient (Wildman–Crippen LogP) is 3.75. The summed E-state index contributed by atoms with van der Waals surface area (Å²) in [5.74, 6) is 0.593. The summed E-state index contributed by atoms with van der Waals surface area (Å²) in [7, 11) is 0. The number of ether oxygens (including phenoxy) is 1. The van der Waals surface area contributed by atoms with Crippen LogP contribution in [0.2, 0.25) is 0 Å². The Morgan fingerprint density at radius 1 is 1.32 bits per heavy atom. The molecule has 0 radical (unpaired) electrons. The van der Waals surface area contributed by atoms with Crippen LogP contribution in [0.3, 0.4) is 0 Å². The van der Waals surface area contributed by atoms with E-state index in [4.69, 9.17) is 4.74 Å². The van der Waals surface area contributed by atoms with Crippen LogP contribution in [0.1, 0.15) is 64.1 Å². The van der Waals surface area contributed by atoms with Crippen molar-refractivity contribution in [2.75, 3.05) is 5.32 Å². The molecule has 0 aromatic carbocycles. The standard InChI is InChI=1S/C19H26N4O2/c1-12-7-8-15-17(20-12)23(13-5-4-6-13)18(21-15)22-16(24)11-14-9-10-19(2,3)25-14/h7-8,13-14H,4-6,9-11H2,1-3H3,(H,21,22,24). The highest BCUT2D eigenvalue weighted by Gasteiger charge is 2.33. The van der Waals surface area contributed by atoms with E-state index in [-0.39, 0.29) is 17.6 Å². The number of pyridine rings is 1. The number of nitrogens with zero attached hydrogens (tertiary/aromatic N) is 3. The van der Waals surface area contributed by atoms with Crippen LogP contribution in [0.5, 0.6) is 0 Å². The Kier molecular flexibility index (Phi) is 4.02. The van der Waals surface area contributed by atoms with Crippen LogP contribution in [0.4, 0.5) is 5.95 Å². The maximum atomic E-state index is 12.5. The summed E-state index contributed by atoms with van der Waals surface area (Å²) < 4.78 is 8.06.